The third-order valence-corrected chi connectivity index (χ3v) is 6.40. The molecule has 1 N–H and O–H groups in total. The van der Waals surface area contributed by atoms with Crippen LogP contribution in [-0.2, 0) is 10.5 Å². The summed E-state index contributed by atoms with van der Waals surface area (Å²) in [4.78, 5) is 16.9. The summed E-state index contributed by atoms with van der Waals surface area (Å²) in [7, 11) is 3.21. The van der Waals surface area contributed by atoms with Crippen LogP contribution >= 0.6 is 11.8 Å². The molecule has 1 aliphatic rings. The van der Waals surface area contributed by atoms with Crippen LogP contribution in [0.3, 0.4) is 0 Å². The Labute approximate surface area is 176 Å². The van der Waals surface area contributed by atoms with Gasteiger partial charge in [-0.15, -0.1) is 11.8 Å². The number of hydrogen-bond donors (Lipinski definition) is 1. The van der Waals surface area contributed by atoms with Crippen molar-refractivity contribution in [3.8, 4) is 23.0 Å². The molecule has 1 heterocycles. The zero-order valence-electron chi connectivity index (χ0n) is 17.6. The second-order valence-electron chi connectivity index (χ2n) is 7.52. The lowest BCUT2D eigenvalue weighted by molar-refractivity contribution is -0.119. The van der Waals surface area contributed by atoms with Gasteiger partial charge in [0.05, 0.1) is 25.7 Å². The maximum absolute atomic E-state index is 12.3. The van der Waals surface area contributed by atoms with Crippen LogP contribution in [0.5, 0.6) is 11.5 Å². The normalized spacial score (nSPS) is 19.0. The number of nitrogens with zero attached hydrogens (tertiary/aromatic N) is 1. The summed E-state index contributed by atoms with van der Waals surface area (Å²) in [5.41, 5.74) is 1.68. The number of carbonyl (C=O) groups is 1. The number of rotatable bonds is 8. The minimum absolute atomic E-state index is 0.106. The Morgan fingerprint density at radius 3 is 2.72 bits per heavy atom. The first kappa shape index (κ1) is 21.6. The predicted molar refractivity (Wildman–Crippen MR) is 116 cm³/mol. The minimum Gasteiger partial charge on any atom is -0.493 e. The molecule has 7 heteroatoms. The van der Waals surface area contributed by atoms with Crippen LogP contribution < -0.4 is 14.8 Å². The number of hydrogen-bond acceptors (Lipinski definition) is 6. The molecule has 0 bridgehead atoms. The van der Waals surface area contributed by atoms with Gasteiger partial charge in [-0.2, -0.15) is 0 Å². The van der Waals surface area contributed by atoms with Crippen molar-refractivity contribution in [2.45, 2.75) is 51.3 Å². The van der Waals surface area contributed by atoms with E-state index in [2.05, 4.69) is 17.2 Å². The van der Waals surface area contributed by atoms with Crippen LogP contribution in [0.4, 0.5) is 0 Å². The van der Waals surface area contributed by atoms with Gasteiger partial charge < -0.3 is 19.2 Å². The number of carbonyl (C=O) groups excluding carboxylic acids is 1. The van der Waals surface area contributed by atoms with Crippen LogP contribution in [-0.4, -0.2) is 36.9 Å². The molecule has 29 heavy (non-hydrogen) atoms. The molecule has 6 nitrogen and oxygen atoms in total. The first-order valence-corrected chi connectivity index (χ1v) is 11.2. The molecule has 0 unspecified atom stereocenters. The maximum atomic E-state index is 12.3. The third kappa shape index (κ3) is 5.47. The molecule has 0 saturated heterocycles. The molecule has 0 aliphatic heterocycles. The summed E-state index contributed by atoms with van der Waals surface area (Å²) in [6, 6.07) is 5.89. The first-order valence-electron chi connectivity index (χ1n) is 10.1. The van der Waals surface area contributed by atoms with Gasteiger partial charge in [-0.05, 0) is 43.9 Å². The van der Waals surface area contributed by atoms with Crippen molar-refractivity contribution in [1.29, 1.82) is 0 Å². The van der Waals surface area contributed by atoms with Gasteiger partial charge in [-0.25, -0.2) is 4.98 Å². The standard InChI is InChI=1S/C22H30N2O4S/c1-14-7-5-6-8-17(14)23-21(25)13-29-12-18-15(2)28-22(24-18)16-9-10-19(26-3)20(11-16)27-4/h9-11,14,17H,5-8,12-13H2,1-4H3,(H,23,25)/t14-,17-/m0/s1. The average Bonchev–Trinajstić information content (AvgIpc) is 3.09. The van der Waals surface area contributed by atoms with Gasteiger partial charge in [0, 0.05) is 17.4 Å². The van der Waals surface area contributed by atoms with Gasteiger partial charge in [0.15, 0.2) is 11.5 Å². The highest BCUT2D eigenvalue weighted by atomic mass is 32.2. The van der Waals surface area contributed by atoms with Crippen molar-refractivity contribution in [3.63, 3.8) is 0 Å². The fraction of sp³-hybridized carbons (Fsp3) is 0.545. The topological polar surface area (TPSA) is 73.6 Å². The van der Waals surface area contributed by atoms with Crippen LogP contribution in [0.1, 0.15) is 44.1 Å². The zero-order chi connectivity index (χ0) is 20.8. The lowest BCUT2D eigenvalue weighted by Gasteiger charge is -2.29. The predicted octanol–water partition coefficient (Wildman–Crippen LogP) is 4.60. The van der Waals surface area contributed by atoms with E-state index >= 15 is 0 Å². The Morgan fingerprint density at radius 2 is 2.00 bits per heavy atom. The van der Waals surface area contributed by atoms with E-state index in [9.17, 15) is 4.79 Å². The second kappa shape index (κ2) is 10.1. The van der Waals surface area contributed by atoms with E-state index in [0.29, 0.717) is 40.9 Å². The highest BCUT2D eigenvalue weighted by Crippen LogP contribution is 2.33. The molecule has 1 aliphatic carbocycles. The molecule has 1 aromatic carbocycles. The molecule has 2 aromatic rings. The van der Waals surface area contributed by atoms with E-state index < -0.39 is 0 Å². The van der Waals surface area contributed by atoms with Gasteiger partial charge in [-0.3, -0.25) is 4.79 Å². The third-order valence-electron chi connectivity index (χ3n) is 5.45. The molecule has 1 fully saturated rings. The van der Waals surface area contributed by atoms with E-state index in [1.54, 1.807) is 26.0 Å². The molecule has 0 spiro atoms. The van der Waals surface area contributed by atoms with Crippen molar-refractivity contribution in [2.24, 2.45) is 5.92 Å². The van der Waals surface area contributed by atoms with Gasteiger partial charge in [0.2, 0.25) is 11.8 Å². The van der Waals surface area contributed by atoms with Crippen molar-refractivity contribution in [1.82, 2.24) is 10.3 Å². The van der Waals surface area contributed by atoms with E-state index in [1.165, 1.54) is 19.3 Å². The lowest BCUT2D eigenvalue weighted by Crippen LogP contribution is -2.41. The Kier molecular flexibility index (Phi) is 7.47. The van der Waals surface area contributed by atoms with E-state index in [1.807, 2.05) is 25.1 Å². The van der Waals surface area contributed by atoms with Crippen molar-refractivity contribution in [2.75, 3.05) is 20.0 Å². The highest BCUT2D eigenvalue weighted by molar-refractivity contribution is 7.99. The zero-order valence-corrected chi connectivity index (χ0v) is 18.4. The molecule has 158 valence electrons. The molecule has 0 radical (unpaired) electrons. The number of nitrogens with one attached hydrogen (secondary N) is 1. The molecule has 1 amide bonds. The summed E-state index contributed by atoms with van der Waals surface area (Å²) in [6.45, 7) is 4.13. The van der Waals surface area contributed by atoms with Crippen molar-refractivity contribution >= 4 is 17.7 Å². The Hall–Kier alpha value is -2.15. The molecule has 1 saturated carbocycles. The number of benzene rings is 1. The monoisotopic (exact) mass is 418 g/mol. The average molecular weight is 419 g/mol. The number of amides is 1. The van der Waals surface area contributed by atoms with Gasteiger partial charge in [-0.1, -0.05) is 19.8 Å². The number of ether oxygens (including phenoxy) is 2. The minimum atomic E-state index is 0.106. The highest BCUT2D eigenvalue weighted by Gasteiger charge is 2.22. The molecule has 3 rings (SSSR count). The fourth-order valence-corrected chi connectivity index (χ4v) is 4.51. The molecule has 2 atom stereocenters. The van der Waals surface area contributed by atoms with Crippen LogP contribution in [0.2, 0.25) is 0 Å². The Balaban J connectivity index is 1.56. The molecular formula is C22H30N2O4S. The summed E-state index contributed by atoms with van der Waals surface area (Å²) < 4.78 is 16.5. The van der Waals surface area contributed by atoms with Crippen LogP contribution in [0.15, 0.2) is 22.6 Å². The van der Waals surface area contributed by atoms with E-state index in [0.717, 1.165) is 23.4 Å². The quantitative estimate of drug-likeness (QED) is 0.676. The number of oxazole rings is 1. The van der Waals surface area contributed by atoms with Crippen LogP contribution in [0.25, 0.3) is 11.5 Å². The SMILES string of the molecule is COc1ccc(-c2nc(CSCC(=O)N[C@H]3CCCC[C@@H]3C)c(C)o2)cc1OC. The van der Waals surface area contributed by atoms with Gasteiger partial charge in [0.1, 0.15) is 5.76 Å². The summed E-state index contributed by atoms with van der Waals surface area (Å²) in [5.74, 6) is 4.34. The molecule has 1 aromatic heterocycles. The number of methoxy groups -OCH3 is 2. The van der Waals surface area contributed by atoms with Gasteiger partial charge >= 0.3 is 0 Å². The number of thioether (sulfide) groups is 1. The second-order valence-corrected chi connectivity index (χ2v) is 8.51. The summed E-state index contributed by atoms with van der Waals surface area (Å²) in [6.07, 6.45) is 4.78. The molecular weight excluding hydrogens is 388 g/mol. The fourth-order valence-electron chi connectivity index (χ4n) is 3.67. The maximum Gasteiger partial charge on any atom is 0.230 e. The summed E-state index contributed by atoms with van der Waals surface area (Å²) >= 11 is 1.56. The lowest BCUT2D eigenvalue weighted by atomic mass is 9.86. The number of aromatic nitrogens is 1. The van der Waals surface area contributed by atoms with Crippen molar-refractivity contribution in [3.05, 3.63) is 29.7 Å². The smallest absolute Gasteiger partial charge is 0.230 e. The van der Waals surface area contributed by atoms with Crippen molar-refractivity contribution < 1.29 is 18.7 Å². The largest absolute Gasteiger partial charge is 0.493 e. The van der Waals surface area contributed by atoms with Gasteiger partial charge in [0.25, 0.3) is 0 Å². The Bertz CT molecular complexity index is 836. The number of aryl methyl sites for hydroxylation is 1. The first-order chi connectivity index (χ1) is 14.0. The summed E-state index contributed by atoms with van der Waals surface area (Å²) in [5, 5.41) is 3.19. The van der Waals surface area contributed by atoms with E-state index in [4.69, 9.17) is 13.9 Å². The van der Waals surface area contributed by atoms with E-state index in [-0.39, 0.29) is 5.91 Å². The Morgan fingerprint density at radius 1 is 1.24 bits per heavy atom. The van der Waals surface area contributed by atoms with Crippen LogP contribution in [0, 0.1) is 12.8 Å².